The highest BCUT2D eigenvalue weighted by Gasteiger charge is 2.45. The Hall–Kier alpha value is 0.0600. The minimum atomic E-state index is -4.05. The first kappa shape index (κ1) is 30.1. The molecule has 0 aromatic rings. The van der Waals surface area contributed by atoms with Gasteiger partial charge in [-0.1, -0.05) is 84.0 Å². The molecule has 0 amide bonds. The lowest BCUT2D eigenvalue weighted by molar-refractivity contribution is 0.209. The molecule has 0 aromatic carbocycles. The molecule has 1 unspecified atom stereocenters. The second-order valence-corrected chi connectivity index (χ2v) is 12.5. The molecule has 8 heteroatoms. The fourth-order valence-corrected chi connectivity index (χ4v) is 8.04. The molecule has 0 saturated heterocycles. The highest BCUT2D eigenvalue weighted by molar-refractivity contribution is 7.94. The molecule has 0 heterocycles. The summed E-state index contributed by atoms with van der Waals surface area (Å²) in [5.41, 5.74) is 0. The van der Waals surface area contributed by atoms with E-state index >= 15 is 0 Å². The molecular weight excluding hydrogens is 423 g/mol. The highest BCUT2D eigenvalue weighted by atomic mass is 32.2. The zero-order valence-electron chi connectivity index (χ0n) is 20.1. The summed E-state index contributed by atoms with van der Waals surface area (Å²) in [4.78, 5) is -1.27. The summed E-state index contributed by atoms with van der Waals surface area (Å²) >= 11 is 0. The lowest BCUT2D eigenvalue weighted by atomic mass is 10.0. The van der Waals surface area contributed by atoms with Crippen LogP contribution in [0.3, 0.4) is 0 Å². The van der Waals surface area contributed by atoms with E-state index in [1.54, 1.807) is 27.7 Å². The third-order valence-corrected chi connectivity index (χ3v) is 10.2. The van der Waals surface area contributed by atoms with Gasteiger partial charge in [-0.25, -0.2) is 0 Å². The van der Waals surface area contributed by atoms with Gasteiger partial charge in [0.2, 0.25) is 0 Å². The average molecular weight is 471 g/mol. The van der Waals surface area contributed by atoms with Crippen LogP contribution in [0.2, 0.25) is 0 Å². The van der Waals surface area contributed by atoms with Crippen LogP contribution in [0.4, 0.5) is 0 Å². The van der Waals surface area contributed by atoms with Crippen LogP contribution in [0.5, 0.6) is 0 Å². The van der Waals surface area contributed by atoms with E-state index in [1.807, 2.05) is 0 Å². The molecule has 0 bridgehead atoms. The van der Waals surface area contributed by atoms with Gasteiger partial charge in [0.25, 0.3) is 10.1 Å². The molecule has 0 aromatic heterocycles. The smallest absolute Gasteiger partial charge is 0.308 e. The van der Waals surface area contributed by atoms with E-state index in [-0.39, 0.29) is 19.6 Å². The van der Waals surface area contributed by atoms with Crippen LogP contribution < -0.4 is 0 Å². The summed E-state index contributed by atoms with van der Waals surface area (Å²) in [6.07, 6.45) is 14.0. The third-order valence-electron chi connectivity index (χ3n) is 4.94. The average Bonchev–Trinajstić information content (AvgIpc) is 2.64. The topological polar surface area (TPSA) is 78.9 Å². The normalized spacial score (nSPS) is 13.8. The van der Waals surface area contributed by atoms with Gasteiger partial charge in [0, 0.05) is 0 Å². The predicted molar refractivity (Wildman–Crippen MR) is 125 cm³/mol. The fourth-order valence-electron chi connectivity index (χ4n) is 3.52. The van der Waals surface area contributed by atoms with Crippen molar-refractivity contribution in [1.29, 1.82) is 0 Å². The highest BCUT2D eigenvalue weighted by Crippen LogP contribution is 2.57. The van der Waals surface area contributed by atoms with E-state index < -0.39 is 28.8 Å². The molecular formula is C22H47O6PS. The van der Waals surface area contributed by atoms with Crippen LogP contribution in [-0.2, 0) is 27.9 Å². The minimum absolute atomic E-state index is 0.128. The first-order chi connectivity index (χ1) is 14.2. The molecule has 30 heavy (non-hydrogen) atoms. The van der Waals surface area contributed by atoms with Gasteiger partial charge in [0.05, 0.1) is 19.3 Å². The predicted octanol–water partition coefficient (Wildman–Crippen LogP) is 7.42. The molecule has 0 saturated carbocycles. The maximum Gasteiger partial charge on any atom is 0.351 e. The van der Waals surface area contributed by atoms with Crippen LogP contribution in [0.15, 0.2) is 0 Å². The van der Waals surface area contributed by atoms with Crippen molar-refractivity contribution in [3.8, 4) is 0 Å². The van der Waals surface area contributed by atoms with Crippen molar-refractivity contribution >= 4 is 17.7 Å². The Morgan fingerprint density at radius 3 is 1.47 bits per heavy atom. The number of rotatable bonds is 21. The zero-order chi connectivity index (χ0) is 22.9. The number of hydrogen-bond acceptors (Lipinski definition) is 6. The lowest BCUT2D eigenvalue weighted by Gasteiger charge is -2.26. The van der Waals surface area contributed by atoms with E-state index in [0.717, 1.165) is 19.3 Å². The van der Waals surface area contributed by atoms with Gasteiger partial charge < -0.3 is 9.05 Å². The Balaban J connectivity index is 4.46. The summed E-state index contributed by atoms with van der Waals surface area (Å²) in [6, 6.07) is 0. The van der Waals surface area contributed by atoms with Crippen LogP contribution in [0, 0.1) is 0 Å². The van der Waals surface area contributed by atoms with Gasteiger partial charge in [-0.2, -0.15) is 8.42 Å². The number of hydrogen-bond donors (Lipinski definition) is 0. The Morgan fingerprint density at radius 2 is 1.10 bits per heavy atom. The Labute approximate surface area is 186 Å². The molecule has 0 aliphatic heterocycles. The van der Waals surface area contributed by atoms with Crippen molar-refractivity contribution in [2.75, 3.05) is 13.2 Å². The monoisotopic (exact) mass is 470 g/mol. The minimum Gasteiger partial charge on any atom is -0.308 e. The molecule has 0 rings (SSSR count). The van der Waals surface area contributed by atoms with Gasteiger partial charge in [0.1, 0.15) is 0 Å². The maximum absolute atomic E-state index is 13.2. The summed E-state index contributed by atoms with van der Waals surface area (Å²) in [7, 11) is -7.85. The Morgan fingerprint density at radius 1 is 0.700 bits per heavy atom. The molecule has 1 atom stereocenters. The van der Waals surface area contributed by atoms with E-state index in [4.69, 9.17) is 13.2 Å². The van der Waals surface area contributed by atoms with Crippen molar-refractivity contribution < 1.29 is 26.2 Å². The molecule has 0 N–H and O–H groups in total. The third kappa shape index (κ3) is 13.5. The van der Waals surface area contributed by atoms with Crippen LogP contribution in [0.25, 0.3) is 0 Å². The van der Waals surface area contributed by atoms with Crippen LogP contribution in [-0.4, -0.2) is 32.7 Å². The van der Waals surface area contributed by atoms with E-state index in [9.17, 15) is 13.0 Å². The first-order valence-corrected chi connectivity index (χ1v) is 15.1. The van der Waals surface area contributed by atoms with E-state index in [2.05, 4.69) is 6.92 Å². The van der Waals surface area contributed by atoms with Crippen molar-refractivity contribution in [1.82, 2.24) is 0 Å². The Bertz CT molecular complexity index is 540. The van der Waals surface area contributed by atoms with Gasteiger partial charge in [-0.3, -0.25) is 8.75 Å². The van der Waals surface area contributed by atoms with Crippen molar-refractivity contribution in [3.05, 3.63) is 0 Å². The van der Waals surface area contributed by atoms with E-state index in [0.29, 0.717) is 6.42 Å². The first-order valence-electron chi connectivity index (χ1n) is 12.0. The second kappa shape index (κ2) is 17.6. The van der Waals surface area contributed by atoms with Gasteiger partial charge in [0.15, 0.2) is 4.99 Å². The second-order valence-electron chi connectivity index (χ2n) is 8.15. The zero-order valence-corrected chi connectivity index (χ0v) is 21.8. The van der Waals surface area contributed by atoms with Gasteiger partial charge in [-0.15, -0.1) is 0 Å². The lowest BCUT2D eigenvalue weighted by Crippen LogP contribution is -2.28. The molecule has 6 nitrogen and oxygen atoms in total. The Kier molecular flexibility index (Phi) is 17.6. The maximum atomic E-state index is 13.2. The van der Waals surface area contributed by atoms with Gasteiger partial charge in [-0.05, 0) is 34.1 Å². The molecule has 0 aliphatic carbocycles. The summed E-state index contributed by atoms with van der Waals surface area (Å²) in [6.45, 7) is 9.15. The fraction of sp³-hybridized carbons (Fsp3) is 1.00. The SMILES string of the molecule is CCCCCCCCCCCCCCC(P(=O)(OCC)OCC)S(=O)(=O)OC(C)C. The molecule has 0 spiro atoms. The molecule has 0 aliphatic rings. The molecule has 182 valence electrons. The van der Waals surface area contributed by atoms with E-state index in [1.165, 1.54) is 51.4 Å². The van der Waals surface area contributed by atoms with Crippen LogP contribution >= 0.6 is 7.60 Å². The van der Waals surface area contributed by atoms with Crippen LogP contribution in [0.1, 0.15) is 118 Å². The standard InChI is InChI=1S/C22H47O6PS/c1-6-9-10-11-12-13-14-15-16-17-18-19-20-22(30(24,25)28-21(4)5)29(23,26-7-2)27-8-3/h21-22H,6-20H2,1-5H3. The van der Waals surface area contributed by atoms with Crippen molar-refractivity contribution in [3.63, 3.8) is 0 Å². The van der Waals surface area contributed by atoms with Crippen molar-refractivity contribution in [2.24, 2.45) is 0 Å². The molecule has 0 fully saturated rings. The summed E-state index contributed by atoms with van der Waals surface area (Å²) in [5.74, 6) is 0. The molecule has 0 radical (unpaired) electrons. The quantitative estimate of drug-likeness (QED) is 0.0986. The summed E-state index contributed by atoms with van der Waals surface area (Å²) in [5, 5.41) is 0. The summed E-state index contributed by atoms with van der Waals surface area (Å²) < 4.78 is 54.4. The van der Waals surface area contributed by atoms with Crippen molar-refractivity contribution in [2.45, 2.75) is 129 Å². The largest absolute Gasteiger partial charge is 0.351 e. The number of unbranched alkanes of at least 4 members (excludes halogenated alkanes) is 11. The van der Waals surface area contributed by atoms with Gasteiger partial charge >= 0.3 is 7.60 Å².